The summed E-state index contributed by atoms with van der Waals surface area (Å²) in [5.74, 6) is -0.627. The number of likely N-dealkylation sites (tertiary alicyclic amines) is 1. The van der Waals surface area contributed by atoms with Gasteiger partial charge >= 0.3 is 5.97 Å². The van der Waals surface area contributed by atoms with Gasteiger partial charge in [-0.3, -0.25) is 14.3 Å². The van der Waals surface area contributed by atoms with Crippen molar-refractivity contribution in [3.8, 4) is 0 Å². The molecule has 2 atom stereocenters. The van der Waals surface area contributed by atoms with Crippen molar-refractivity contribution >= 4 is 11.9 Å². The highest BCUT2D eigenvalue weighted by molar-refractivity contribution is 5.96. The molecule has 25 heavy (non-hydrogen) atoms. The summed E-state index contributed by atoms with van der Waals surface area (Å²) in [6.07, 6.45) is 2.82. The largest absolute Gasteiger partial charge is 0.481 e. The second kappa shape index (κ2) is 6.78. The van der Waals surface area contributed by atoms with E-state index in [9.17, 15) is 14.7 Å². The molecule has 7 nitrogen and oxygen atoms in total. The van der Waals surface area contributed by atoms with Gasteiger partial charge in [0.2, 0.25) is 0 Å². The van der Waals surface area contributed by atoms with Crippen molar-refractivity contribution in [2.24, 2.45) is 17.3 Å². The first-order valence-corrected chi connectivity index (χ1v) is 9.04. The van der Waals surface area contributed by atoms with Crippen molar-refractivity contribution in [2.45, 2.75) is 40.2 Å². The van der Waals surface area contributed by atoms with Crippen LogP contribution in [0.5, 0.6) is 0 Å². The number of ether oxygens (including phenoxy) is 1. The predicted molar refractivity (Wildman–Crippen MR) is 91.3 cm³/mol. The van der Waals surface area contributed by atoms with E-state index < -0.39 is 11.4 Å². The molecule has 0 unspecified atom stereocenters. The van der Waals surface area contributed by atoms with E-state index in [1.54, 1.807) is 11.1 Å². The molecular formula is C18H27N3O4. The molecule has 2 saturated heterocycles. The number of hydrogen-bond donors (Lipinski definition) is 1. The average Bonchev–Trinajstić information content (AvgIpc) is 3.15. The van der Waals surface area contributed by atoms with Gasteiger partial charge in [-0.2, -0.15) is 5.10 Å². The van der Waals surface area contributed by atoms with Crippen molar-refractivity contribution in [3.63, 3.8) is 0 Å². The summed E-state index contributed by atoms with van der Waals surface area (Å²) in [6, 6.07) is 0. The molecule has 1 aromatic heterocycles. The minimum Gasteiger partial charge on any atom is -0.481 e. The van der Waals surface area contributed by atoms with Crippen LogP contribution in [-0.4, -0.2) is 58.0 Å². The fourth-order valence-corrected chi connectivity index (χ4v) is 4.09. The molecule has 0 aliphatic carbocycles. The summed E-state index contributed by atoms with van der Waals surface area (Å²) in [7, 11) is 0. The van der Waals surface area contributed by atoms with Crippen molar-refractivity contribution in [1.29, 1.82) is 0 Å². The number of aromatic nitrogens is 2. The summed E-state index contributed by atoms with van der Waals surface area (Å²) < 4.78 is 7.37. The second-order valence-electron chi connectivity index (χ2n) is 7.60. The van der Waals surface area contributed by atoms with Gasteiger partial charge in [-0.05, 0) is 18.8 Å². The topological polar surface area (TPSA) is 84.7 Å². The number of aliphatic carboxylic acids is 1. The molecule has 2 aliphatic rings. The smallest absolute Gasteiger partial charge is 0.311 e. The van der Waals surface area contributed by atoms with E-state index in [2.05, 4.69) is 18.9 Å². The zero-order valence-corrected chi connectivity index (χ0v) is 15.2. The Morgan fingerprint density at radius 1 is 1.48 bits per heavy atom. The Morgan fingerprint density at radius 2 is 2.24 bits per heavy atom. The standard InChI is InChI=1S/C18H27N3O4/c1-4-15-14(7-19-21(15)8-12(2)3)16(22)20-9-13-10-25-6-5-18(13,11-20)17(23)24/h7,12-13H,4-6,8-11H2,1-3H3,(H,23,24)/t13-,18+/m0/s1. The van der Waals surface area contributed by atoms with Crippen LogP contribution in [0.3, 0.4) is 0 Å². The third-order valence-electron chi connectivity index (χ3n) is 5.47. The zero-order valence-electron chi connectivity index (χ0n) is 15.2. The van der Waals surface area contributed by atoms with Crippen molar-refractivity contribution in [1.82, 2.24) is 14.7 Å². The van der Waals surface area contributed by atoms with Crippen molar-refractivity contribution < 1.29 is 19.4 Å². The Hall–Kier alpha value is -1.89. The van der Waals surface area contributed by atoms with Gasteiger partial charge in [0.1, 0.15) is 0 Å². The number of carbonyl (C=O) groups is 2. The summed E-state index contributed by atoms with van der Waals surface area (Å²) in [4.78, 5) is 26.7. The Kier molecular flexibility index (Phi) is 4.86. The van der Waals surface area contributed by atoms with E-state index >= 15 is 0 Å². The summed E-state index contributed by atoms with van der Waals surface area (Å²) in [6.45, 7) is 8.56. The first-order valence-electron chi connectivity index (χ1n) is 9.04. The molecule has 0 radical (unpaired) electrons. The molecule has 0 saturated carbocycles. The van der Waals surface area contributed by atoms with Gasteiger partial charge in [-0.15, -0.1) is 0 Å². The van der Waals surface area contributed by atoms with Gasteiger partial charge in [-0.1, -0.05) is 20.8 Å². The highest BCUT2D eigenvalue weighted by Crippen LogP contribution is 2.43. The molecule has 0 bridgehead atoms. The number of carbonyl (C=O) groups excluding carboxylic acids is 1. The maximum Gasteiger partial charge on any atom is 0.311 e. The lowest BCUT2D eigenvalue weighted by atomic mass is 9.74. The SMILES string of the molecule is CCc1c(C(=O)N2C[C@H]3COCC[C@@]3(C(=O)O)C2)cnn1CC(C)C. The number of carboxylic acid groups (broad SMARTS) is 1. The van der Waals surface area contributed by atoms with Crippen molar-refractivity contribution in [3.05, 3.63) is 17.5 Å². The van der Waals surface area contributed by atoms with Crippen LogP contribution in [0.25, 0.3) is 0 Å². The van der Waals surface area contributed by atoms with Gasteiger partial charge in [0.05, 0.1) is 29.5 Å². The lowest BCUT2D eigenvalue weighted by Crippen LogP contribution is -2.45. The highest BCUT2D eigenvalue weighted by Gasteiger charge is 2.55. The first kappa shape index (κ1) is 17.9. The number of nitrogens with zero attached hydrogens (tertiary/aromatic N) is 3. The second-order valence-corrected chi connectivity index (χ2v) is 7.60. The van der Waals surface area contributed by atoms with Crippen LogP contribution in [0.2, 0.25) is 0 Å². The van der Waals surface area contributed by atoms with E-state index in [1.165, 1.54) is 0 Å². The van der Waals surface area contributed by atoms with Gasteiger partial charge in [-0.25, -0.2) is 0 Å². The molecule has 2 aliphatic heterocycles. The van der Waals surface area contributed by atoms with E-state index in [4.69, 9.17) is 4.74 Å². The molecule has 3 rings (SSSR count). The monoisotopic (exact) mass is 349 g/mol. The Labute approximate surface area is 147 Å². The van der Waals surface area contributed by atoms with Crippen LogP contribution in [0.15, 0.2) is 6.20 Å². The number of hydrogen-bond acceptors (Lipinski definition) is 4. The fourth-order valence-electron chi connectivity index (χ4n) is 4.09. The number of carboxylic acids is 1. The molecule has 1 aromatic rings. The summed E-state index contributed by atoms with van der Waals surface area (Å²) in [5, 5.41) is 14.2. The van der Waals surface area contributed by atoms with Crippen LogP contribution in [0.4, 0.5) is 0 Å². The van der Waals surface area contributed by atoms with Gasteiger partial charge in [0.25, 0.3) is 5.91 Å². The van der Waals surface area contributed by atoms with Crippen LogP contribution in [0, 0.1) is 17.3 Å². The van der Waals surface area contributed by atoms with Crippen molar-refractivity contribution in [2.75, 3.05) is 26.3 Å². The zero-order chi connectivity index (χ0) is 18.2. The average molecular weight is 349 g/mol. The minimum atomic E-state index is -0.867. The third-order valence-corrected chi connectivity index (χ3v) is 5.47. The van der Waals surface area contributed by atoms with Crippen LogP contribution in [0.1, 0.15) is 43.2 Å². The van der Waals surface area contributed by atoms with E-state index in [-0.39, 0.29) is 18.4 Å². The maximum absolute atomic E-state index is 13.1. The Morgan fingerprint density at radius 3 is 2.84 bits per heavy atom. The molecule has 3 heterocycles. The van der Waals surface area contributed by atoms with Gasteiger partial charge in [0.15, 0.2) is 0 Å². The van der Waals surface area contributed by atoms with E-state index in [1.807, 2.05) is 11.6 Å². The number of amides is 1. The summed E-state index contributed by atoms with van der Waals surface area (Å²) >= 11 is 0. The highest BCUT2D eigenvalue weighted by atomic mass is 16.5. The predicted octanol–water partition coefficient (Wildman–Crippen LogP) is 1.66. The quantitative estimate of drug-likeness (QED) is 0.874. The lowest BCUT2D eigenvalue weighted by Gasteiger charge is -2.33. The number of rotatable bonds is 5. The molecular weight excluding hydrogens is 322 g/mol. The van der Waals surface area contributed by atoms with Crippen LogP contribution >= 0.6 is 0 Å². The van der Waals surface area contributed by atoms with Gasteiger partial charge in [0, 0.05) is 32.2 Å². The first-order chi connectivity index (χ1) is 11.9. The van der Waals surface area contributed by atoms with Gasteiger partial charge < -0.3 is 14.7 Å². The maximum atomic E-state index is 13.1. The molecule has 0 spiro atoms. The molecule has 138 valence electrons. The van der Waals surface area contributed by atoms with Crippen LogP contribution in [-0.2, 0) is 22.5 Å². The number of fused-ring (bicyclic) bond motifs is 1. The molecule has 1 amide bonds. The molecule has 0 aromatic carbocycles. The lowest BCUT2D eigenvalue weighted by molar-refractivity contribution is -0.157. The van der Waals surface area contributed by atoms with E-state index in [0.29, 0.717) is 37.7 Å². The van der Waals surface area contributed by atoms with Crippen LogP contribution < -0.4 is 0 Å². The Balaban J connectivity index is 1.85. The summed E-state index contributed by atoms with van der Waals surface area (Å²) in [5.41, 5.74) is 0.659. The third kappa shape index (κ3) is 3.05. The Bertz CT molecular complexity index is 669. The molecule has 1 N–H and O–H groups in total. The minimum absolute atomic E-state index is 0.109. The fraction of sp³-hybridized carbons (Fsp3) is 0.722. The molecule has 7 heteroatoms. The normalized spacial score (nSPS) is 26.1. The molecule has 2 fully saturated rings. The van der Waals surface area contributed by atoms with E-state index in [0.717, 1.165) is 18.7 Å².